The molecule has 0 saturated heterocycles. The first kappa shape index (κ1) is 11.2. The maximum Gasteiger partial charge on any atom is 0.221 e. The molecule has 13 heavy (non-hydrogen) atoms. The van der Waals surface area contributed by atoms with Crippen LogP contribution in [-0.2, 0) is 4.79 Å². The van der Waals surface area contributed by atoms with E-state index in [0.29, 0.717) is 18.2 Å². The maximum atomic E-state index is 11.2. The van der Waals surface area contributed by atoms with Gasteiger partial charge in [0, 0.05) is 17.7 Å². The zero-order valence-corrected chi connectivity index (χ0v) is 9.66. The number of rotatable bonds is 4. The summed E-state index contributed by atoms with van der Waals surface area (Å²) in [7, 11) is 0. The lowest BCUT2D eigenvalue weighted by molar-refractivity contribution is -0.121. The highest BCUT2D eigenvalue weighted by atomic mass is 32.2. The van der Waals surface area contributed by atoms with Gasteiger partial charge in [-0.25, -0.2) is 0 Å². The Morgan fingerprint density at radius 1 is 1.62 bits per heavy atom. The summed E-state index contributed by atoms with van der Waals surface area (Å²) in [5.41, 5.74) is 0. The Bertz CT molecular complexity index is 175. The van der Waals surface area contributed by atoms with Gasteiger partial charge in [-0.3, -0.25) is 4.79 Å². The summed E-state index contributed by atoms with van der Waals surface area (Å²) in [5.74, 6) is 0.798. The Balaban J connectivity index is 2.19. The van der Waals surface area contributed by atoms with Gasteiger partial charge < -0.3 is 5.32 Å². The molecule has 0 radical (unpaired) electrons. The van der Waals surface area contributed by atoms with Gasteiger partial charge in [0.25, 0.3) is 0 Å². The molecule has 1 aliphatic rings. The van der Waals surface area contributed by atoms with Crippen molar-refractivity contribution in [3.63, 3.8) is 0 Å². The number of hydrogen-bond donors (Lipinski definition) is 2. The van der Waals surface area contributed by atoms with E-state index in [2.05, 4.69) is 24.2 Å². The van der Waals surface area contributed by atoms with Crippen molar-refractivity contribution in [2.45, 2.75) is 37.0 Å². The molecular weight excluding hydrogens is 202 g/mol. The summed E-state index contributed by atoms with van der Waals surface area (Å²) >= 11 is 5.94. The highest BCUT2D eigenvalue weighted by Gasteiger charge is 2.24. The van der Waals surface area contributed by atoms with E-state index in [1.165, 1.54) is 6.42 Å². The topological polar surface area (TPSA) is 29.1 Å². The second-order valence-corrected chi connectivity index (χ2v) is 4.99. The van der Waals surface area contributed by atoms with Gasteiger partial charge in [0.15, 0.2) is 0 Å². The van der Waals surface area contributed by atoms with Gasteiger partial charge in [0.1, 0.15) is 0 Å². The Labute approximate surface area is 89.6 Å². The molecule has 0 aromatic carbocycles. The molecule has 0 bridgehead atoms. The van der Waals surface area contributed by atoms with Crippen LogP contribution in [0.2, 0.25) is 0 Å². The van der Waals surface area contributed by atoms with Crippen molar-refractivity contribution in [1.82, 2.24) is 5.32 Å². The average Bonchev–Trinajstić information content (AvgIpc) is 2.52. The first-order valence-corrected chi connectivity index (χ1v) is 6.61. The van der Waals surface area contributed by atoms with Crippen molar-refractivity contribution in [2.75, 3.05) is 12.0 Å². The van der Waals surface area contributed by atoms with Crippen LogP contribution in [0.1, 0.15) is 25.7 Å². The second kappa shape index (κ2) is 5.81. The fourth-order valence-corrected chi connectivity index (χ4v) is 2.69. The van der Waals surface area contributed by atoms with E-state index in [4.69, 9.17) is 0 Å². The number of nitrogens with one attached hydrogen (secondary N) is 1. The number of amides is 1. The summed E-state index contributed by atoms with van der Waals surface area (Å²) in [6, 6.07) is 0.421. The third kappa shape index (κ3) is 3.81. The second-order valence-electron chi connectivity index (χ2n) is 3.41. The fraction of sp³-hybridized carbons (Fsp3) is 0.889. The molecule has 2 nitrogen and oxygen atoms in total. The predicted molar refractivity (Wildman–Crippen MR) is 61.6 cm³/mol. The van der Waals surface area contributed by atoms with Gasteiger partial charge >= 0.3 is 0 Å². The van der Waals surface area contributed by atoms with E-state index >= 15 is 0 Å². The minimum Gasteiger partial charge on any atom is -0.353 e. The molecular formula is C9H17NOS2. The Morgan fingerprint density at radius 3 is 2.92 bits per heavy atom. The Hall–Kier alpha value is 0.170. The summed E-state index contributed by atoms with van der Waals surface area (Å²) in [6.07, 6.45) is 6.21. The molecule has 1 N–H and O–H groups in total. The molecule has 2 atom stereocenters. The third-order valence-corrected chi connectivity index (χ3v) is 3.74. The van der Waals surface area contributed by atoms with Crippen LogP contribution in [0.5, 0.6) is 0 Å². The van der Waals surface area contributed by atoms with Crippen molar-refractivity contribution >= 4 is 30.3 Å². The van der Waals surface area contributed by atoms with Crippen LogP contribution in [0.25, 0.3) is 0 Å². The summed E-state index contributed by atoms with van der Waals surface area (Å²) in [4.78, 5) is 11.2. The standard InChI is InChI=1S/C9H17NOS2/c1-13-8-3-2-7(6-8)10-9(11)4-5-12/h7-8,12H,2-6H2,1H3,(H,10,11). The molecule has 1 rings (SSSR count). The van der Waals surface area contributed by atoms with Crippen LogP contribution < -0.4 is 5.32 Å². The summed E-state index contributed by atoms with van der Waals surface area (Å²) < 4.78 is 0. The van der Waals surface area contributed by atoms with Gasteiger partial charge in [-0.1, -0.05) is 0 Å². The number of hydrogen-bond acceptors (Lipinski definition) is 3. The van der Waals surface area contributed by atoms with E-state index < -0.39 is 0 Å². The fourth-order valence-electron chi connectivity index (χ4n) is 1.69. The molecule has 4 heteroatoms. The number of carbonyl (C=O) groups excluding carboxylic acids is 1. The lowest BCUT2D eigenvalue weighted by Crippen LogP contribution is -2.33. The SMILES string of the molecule is CSC1CCC(NC(=O)CCS)C1. The molecule has 1 amide bonds. The molecule has 76 valence electrons. The van der Waals surface area contributed by atoms with E-state index in [1.807, 2.05) is 11.8 Å². The normalized spacial score (nSPS) is 27.5. The van der Waals surface area contributed by atoms with Crippen molar-refractivity contribution in [3.05, 3.63) is 0 Å². The van der Waals surface area contributed by atoms with Crippen LogP contribution in [0.3, 0.4) is 0 Å². The summed E-state index contributed by atoms with van der Waals surface area (Å²) in [5, 5.41) is 3.79. The van der Waals surface area contributed by atoms with Crippen LogP contribution in [0.15, 0.2) is 0 Å². The van der Waals surface area contributed by atoms with Crippen molar-refractivity contribution in [3.8, 4) is 0 Å². The quantitative estimate of drug-likeness (QED) is 0.705. The highest BCUT2D eigenvalue weighted by Crippen LogP contribution is 2.28. The molecule has 0 heterocycles. The molecule has 0 aromatic rings. The number of thiol groups is 1. The average molecular weight is 219 g/mol. The summed E-state index contributed by atoms with van der Waals surface area (Å²) in [6.45, 7) is 0. The van der Waals surface area contributed by atoms with Crippen LogP contribution in [-0.4, -0.2) is 29.2 Å². The van der Waals surface area contributed by atoms with E-state index in [1.54, 1.807) is 0 Å². The van der Waals surface area contributed by atoms with Gasteiger partial charge in [-0.15, -0.1) is 0 Å². The predicted octanol–water partition coefficient (Wildman–Crippen LogP) is 1.71. The van der Waals surface area contributed by atoms with Crippen molar-refractivity contribution < 1.29 is 4.79 Å². The molecule has 0 spiro atoms. The monoisotopic (exact) mass is 219 g/mol. The Morgan fingerprint density at radius 2 is 2.38 bits per heavy atom. The van der Waals surface area contributed by atoms with Crippen molar-refractivity contribution in [1.29, 1.82) is 0 Å². The van der Waals surface area contributed by atoms with Crippen LogP contribution in [0, 0.1) is 0 Å². The number of thioether (sulfide) groups is 1. The first-order valence-electron chi connectivity index (χ1n) is 4.69. The zero-order chi connectivity index (χ0) is 9.68. The molecule has 0 aromatic heterocycles. The van der Waals surface area contributed by atoms with Gasteiger partial charge in [0.05, 0.1) is 0 Å². The van der Waals surface area contributed by atoms with Gasteiger partial charge in [0.2, 0.25) is 5.91 Å². The van der Waals surface area contributed by atoms with E-state index in [0.717, 1.165) is 18.1 Å². The minimum absolute atomic E-state index is 0.154. The van der Waals surface area contributed by atoms with Gasteiger partial charge in [-0.05, 0) is 31.3 Å². The maximum absolute atomic E-state index is 11.2. The third-order valence-electron chi connectivity index (χ3n) is 2.42. The lowest BCUT2D eigenvalue weighted by Gasteiger charge is -2.11. The smallest absolute Gasteiger partial charge is 0.221 e. The van der Waals surface area contributed by atoms with E-state index in [9.17, 15) is 4.79 Å². The zero-order valence-electron chi connectivity index (χ0n) is 7.95. The van der Waals surface area contributed by atoms with Crippen molar-refractivity contribution in [2.24, 2.45) is 0 Å². The molecule has 2 unspecified atom stereocenters. The highest BCUT2D eigenvalue weighted by molar-refractivity contribution is 7.99. The van der Waals surface area contributed by atoms with Crippen LogP contribution in [0.4, 0.5) is 0 Å². The number of carbonyl (C=O) groups is 1. The molecule has 0 aliphatic heterocycles. The lowest BCUT2D eigenvalue weighted by atomic mass is 10.2. The molecule has 1 aliphatic carbocycles. The first-order chi connectivity index (χ1) is 6.26. The largest absolute Gasteiger partial charge is 0.353 e. The Kier molecular flexibility index (Phi) is 5.02. The van der Waals surface area contributed by atoms with Gasteiger partial charge in [-0.2, -0.15) is 24.4 Å². The molecule has 1 fully saturated rings. The van der Waals surface area contributed by atoms with E-state index in [-0.39, 0.29) is 5.91 Å². The minimum atomic E-state index is 0.154. The molecule has 1 saturated carbocycles. The van der Waals surface area contributed by atoms with Crippen LogP contribution >= 0.6 is 24.4 Å².